The Morgan fingerprint density at radius 1 is 0.435 bits per heavy atom. The Hall–Kier alpha value is -7.95. The number of nitrogens with zero attached hydrogens (tertiary/aromatic N) is 3. The van der Waals surface area contributed by atoms with Gasteiger partial charge in [0.2, 0.25) is 0 Å². The van der Waals surface area contributed by atoms with E-state index in [1.54, 1.807) is 0 Å². The van der Waals surface area contributed by atoms with Gasteiger partial charge in [0, 0.05) is 50.0 Å². The molecule has 0 bridgehead atoms. The van der Waals surface area contributed by atoms with Crippen LogP contribution < -0.4 is 0 Å². The maximum Gasteiger partial charge on any atom is 0.146 e. The van der Waals surface area contributed by atoms with Gasteiger partial charge in [0.25, 0.3) is 0 Å². The SMILES string of the molecule is CC1(C)c2ccccc2-c2ccc3c4ccccc4n(-c4ccc5c(c4)oc4cc(-c6ccccc6)cc(-c6nc7ccccc7n6-c6ccc(-c7ccccc7)cc6)c45)c3c21. The normalized spacial score (nSPS) is 13.1. The van der Waals surface area contributed by atoms with Crippen molar-refractivity contribution >= 4 is 54.8 Å². The van der Waals surface area contributed by atoms with E-state index in [1.165, 1.54) is 55.2 Å². The molecule has 3 heterocycles. The lowest BCUT2D eigenvalue weighted by molar-refractivity contribution is 0.663. The van der Waals surface area contributed by atoms with Crippen LogP contribution in [0.5, 0.6) is 0 Å². The number of benzene rings is 9. The minimum absolute atomic E-state index is 0.183. The highest BCUT2D eigenvalue weighted by Crippen LogP contribution is 2.53. The van der Waals surface area contributed by atoms with Crippen molar-refractivity contribution in [3.63, 3.8) is 0 Å². The number of rotatable bonds is 5. The van der Waals surface area contributed by atoms with Gasteiger partial charge in [-0.1, -0.05) is 153 Å². The Bertz CT molecular complexity index is 3750. The minimum Gasteiger partial charge on any atom is -0.456 e. The Balaban J connectivity index is 1.06. The van der Waals surface area contributed by atoms with Crippen LogP contribution in [0.4, 0.5) is 0 Å². The van der Waals surface area contributed by atoms with Crippen molar-refractivity contribution in [2.24, 2.45) is 0 Å². The van der Waals surface area contributed by atoms with Crippen LogP contribution in [0, 0.1) is 0 Å². The Morgan fingerprint density at radius 3 is 1.89 bits per heavy atom. The molecule has 0 N–H and O–H groups in total. The summed E-state index contributed by atoms with van der Waals surface area (Å²) in [5.41, 5.74) is 18.9. The van der Waals surface area contributed by atoms with E-state index in [4.69, 9.17) is 9.40 Å². The summed E-state index contributed by atoms with van der Waals surface area (Å²) in [6.45, 7) is 4.75. The van der Waals surface area contributed by atoms with Crippen LogP contribution in [0.3, 0.4) is 0 Å². The van der Waals surface area contributed by atoms with Crippen LogP contribution in [0.15, 0.2) is 205 Å². The van der Waals surface area contributed by atoms with E-state index in [1.807, 2.05) is 0 Å². The number of imidazole rings is 1. The molecule has 9 aromatic carbocycles. The van der Waals surface area contributed by atoms with Crippen LogP contribution in [-0.4, -0.2) is 14.1 Å². The first-order valence-corrected chi connectivity index (χ1v) is 21.4. The Kier molecular flexibility index (Phi) is 7.32. The lowest BCUT2D eigenvalue weighted by atomic mass is 9.81. The van der Waals surface area contributed by atoms with Crippen molar-refractivity contribution in [3.05, 3.63) is 211 Å². The van der Waals surface area contributed by atoms with Gasteiger partial charge >= 0.3 is 0 Å². The van der Waals surface area contributed by atoms with E-state index in [2.05, 4.69) is 223 Å². The smallest absolute Gasteiger partial charge is 0.146 e. The molecule has 0 unspecified atom stereocenters. The standard InChI is InChI=1S/C58H39N3O/c1-58(2)48-21-11-9-19-42(48)44-31-32-45-43-20-10-13-23-50(43)60(56(45)55(44)58)41-29-30-46-52(35-41)62-53-34-39(37-17-7-4-8-18-37)33-47(54(46)53)57-59-49-22-12-14-24-51(49)61(57)40-27-25-38(26-28-40)36-15-5-3-6-16-36/h3-35H,1-2H3. The van der Waals surface area contributed by atoms with E-state index < -0.39 is 0 Å². The van der Waals surface area contributed by atoms with Crippen molar-refractivity contribution in [1.82, 2.24) is 14.1 Å². The first kappa shape index (κ1) is 34.9. The quantitative estimate of drug-likeness (QED) is 0.174. The van der Waals surface area contributed by atoms with Gasteiger partial charge in [-0.25, -0.2) is 4.98 Å². The molecule has 0 radical (unpaired) electrons. The molecule has 0 spiro atoms. The molecule has 1 aliphatic rings. The number of aromatic nitrogens is 3. The van der Waals surface area contributed by atoms with E-state index in [0.717, 1.165) is 66.9 Å². The third kappa shape index (κ3) is 4.98. The van der Waals surface area contributed by atoms with Crippen molar-refractivity contribution in [1.29, 1.82) is 0 Å². The molecular weight excluding hydrogens is 755 g/mol. The molecule has 4 heteroatoms. The van der Waals surface area contributed by atoms with Crippen molar-refractivity contribution in [2.45, 2.75) is 19.3 Å². The highest BCUT2D eigenvalue weighted by molar-refractivity contribution is 6.16. The summed E-state index contributed by atoms with van der Waals surface area (Å²) in [5.74, 6) is 0.868. The monoisotopic (exact) mass is 793 g/mol. The Morgan fingerprint density at radius 2 is 1.08 bits per heavy atom. The molecule has 0 aliphatic heterocycles. The summed E-state index contributed by atoms with van der Waals surface area (Å²) in [4.78, 5) is 5.42. The maximum absolute atomic E-state index is 7.06. The minimum atomic E-state index is -0.183. The average molecular weight is 794 g/mol. The summed E-state index contributed by atoms with van der Waals surface area (Å²) in [6, 6.07) is 72.0. The zero-order valence-electron chi connectivity index (χ0n) is 34.3. The number of hydrogen-bond acceptors (Lipinski definition) is 2. The molecule has 0 amide bonds. The average Bonchev–Trinajstić information content (AvgIpc) is 4.06. The fourth-order valence-electron chi connectivity index (χ4n) is 10.5. The van der Waals surface area contributed by atoms with E-state index in [0.29, 0.717) is 0 Å². The third-order valence-corrected chi connectivity index (χ3v) is 13.3. The van der Waals surface area contributed by atoms with Gasteiger partial charge in [0.05, 0.1) is 22.1 Å². The van der Waals surface area contributed by atoms with Crippen LogP contribution in [-0.2, 0) is 5.41 Å². The molecule has 0 saturated carbocycles. The van der Waals surface area contributed by atoms with Gasteiger partial charge in [-0.05, 0) is 99.1 Å². The molecule has 0 atom stereocenters. The van der Waals surface area contributed by atoms with Crippen LogP contribution in [0.25, 0.3) is 111 Å². The molecule has 1 aliphatic carbocycles. The second-order valence-corrected chi connectivity index (χ2v) is 17.1. The molecule has 0 saturated heterocycles. The van der Waals surface area contributed by atoms with Gasteiger partial charge in [0.1, 0.15) is 17.0 Å². The first-order chi connectivity index (χ1) is 30.5. The highest BCUT2D eigenvalue weighted by atomic mass is 16.3. The summed E-state index contributed by atoms with van der Waals surface area (Å²) in [6.07, 6.45) is 0. The predicted octanol–water partition coefficient (Wildman–Crippen LogP) is 15.3. The summed E-state index contributed by atoms with van der Waals surface area (Å²) in [7, 11) is 0. The van der Waals surface area contributed by atoms with Crippen molar-refractivity contribution < 1.29 is 4.42 Å². The highest BCUT2D eigenvalue weighted by Gasteiger charge is 2.38. The summed E-state index contributed by atoms with van der Waals surface area (Å²) < 4.78 is 11.8. The van der Waals surface area contributed by atoms with Crippen LogP contribution >= 0.6 is 0 Å². The van der Waals surface area contributed by atoms with Gasteiger partial charge in [-0.3, -0.25) is 4.57 Å². The molecule has 12 aromatic rings. The molecular formula is C58H39N3O. The fourth-order valence-corrected chi connectivity index (χ4v) is 10.5. The molecule has 0 fully saturated rings. The van der Waals surface area contributed by atoms with E-state index >= 15 is 0 Å². The molecule has 4 nitrogen and oxygen atoms in total. The largest absolute Gasteiger partial charge is 0.456 e. The number of para-hydroxylation sites is 3. The molecule has 3 aromatic heterocycles. The van der Waals surface area contributed by atoms with Crippen molar-refractivity contribution in [3.8, 4) is 56.1 Å². The van der Waals surface area contributed by atoms with E-state index in [-0.39, 0.29) is 5.41 Å². The van der Waals surface area contributed by atoms with Crippen LogP contribution in [0.1, 0.15) is 25.0 Å². The molecule has 13 rings (SSSR count). The van der Waals surface area contributed by atoms with Gasteiger partial charge in [-0.15, -0.1) is 0 Å². The van der Waals surface area contributed by atoms with E-state index in [9.17, 15) is 0 Å². The lowest BCUT2D eigenvalue weighted by Crippen LogP contribution is -2.16. The third-order valence-electron chi connectivity index (χ3n) is 13.3. The second-order valence-electron chi connectivity index (χ2n) is 17.1. The van der Waals surface area contributed by atoms with Crippen LogP contribution in [0.2, 0.25) is 0 Å². The zero-order valence-corrected chi connectivity index (χ0v) is 34.3. The predicted molar refractivity (Wildman–Crippen MR) is 257 cm³/mol. The fraction of sp³-hybridized carbons (Fsp3) is 0.0517. The van der Waals surface area contributed by atoms with Gasteiger partial charge in [-0.2, -0.15) is 0 Å². The lowest BCUT2D eigenvalue weighted by Gasteiger charge is -2.23. The zero-order chi connectivity index (χ0) is 41.1. The molecule has 292 valence electrons. The number of fused-ring (bicyclic) bond motifs is 11. The summed E-state index contributed by atoms with van der Waals surface area (Å²) >= 11 is 0. The van der Waals surface area contributed by atoms with Gasteiger partial charge in [0.15, 0.2) is 0 Å². The van der Waals surface area contributed by atoms with Gasteiger partial charge < -0.3 is 8.98 Å². The first-order valence-electron chi connectivity index (χ1n) is 21.4. The van der Waals surface area contributed by atoms with Crippen molar-refractivity contribution in [2.75, 3.05) is 0 Å². The summed E-state index contributed by atoms with van der Waals surface area (Å²) in [5, 5.41) is 4.60. The number of furan rings is 1. The maximum atomic E-state index is 7.06. The Labute approximate surface area is 358 Å². The topological polar surface area (TPSA) is 35.9 Å². The number of hydrogen-bond donors (Lipinski definition) is 0. The second kappa shape index (κ2) is 13.0. The molecule has 62 heavy (non-hydrogen) atoms.